The van der Waals surface area contributed by atoms with Crippen LogP contribution in [-0.4, -0.2) is 72.5 Å². The molecular formula is C35H47N3O4. The van der Waals surface area contributed by atoms with E-state index < -0.39 is 0 Å². The number of rotatable bonds is 16. The Kier molecular flexibility index (Phi) is 12.7. The van der Waals surface area contributed by atoms with Crippen molar-refractivity contribution in [1.82, 2.24) is 14.7 Å². The van der Waals surface area contributed by atoms with Gasteiger partial charge in [0.15, 0.2) is 0 Å². The number of nitrogens with zero attached hydrogens (tertiary/aromatic N) is 3. The molecule has 226 valence electrons. The molecule has 7 nitrogen and oxygen atoms in total. The number of carbonyl (C=O) groups is 2. The first-order valence-electron chi connectivity index (χ1n) is 15.6. The number of furan rings is 1. The van der Waals surface area contributed by atoms with Crippen LogP contribution in [0.1, 0.15) is 72.0 Å². The molecule has 0 atom stereocenters. The zero-order chi connectivity index (χ0) is 29.6. The van der Waals surface area contributed by atoms with Gasteiger partial charge >= 0.3 is 0 Å². The van der Waals surface area contributed by atoms with Crippen LogP contribution in [0.2, 0.25) is 0 Å². The Hall–Kier alpha value is -3.42. The maximum Gasteiger partial charge on any atom is 0.254 e. The van der Waals surface area contributed by atoms with Crippen LogP contribution in [0.15, 0.2) is 71.1 Å². The van der Waals surface area contributed by atoms with Crippen molar-refractivity contribution < 1.29 is 18.7 Å². The van der Waals surface area contributed by atoms with E-state index in [1.54, 1.807) is 9.80 Å². The van der Waals surface area contributed by atoms with Gasteiger partial charge in [0.05, 0.1) is 19.8 Å². The number of benzene rings is 2. The van der Waals surface area contributed by atoms with E-state index in [9.17, 15) is 9.59 Å². The smallest absolute Gasteiger partial charge is 0.254 e. The summed E-state index contributed by atoms with van der Waals surface area (Å²) in [5.74, 6) is 1.35. The highest BCUT2D eigenvalue weighted by atomic mass is 16.5. The molecule has 1 fully saturated rings. The lowest BCUT2D eigenvalue weighted by Crippen LogP contribution is -2.44. The Labute approximate surface area is 251 Å². The molecule has 0 N–H and O–H groups in total. The third kappa shape index (κ3) is 10.1. The Morgan fingerprint density at radius 1 is 0.810 bits per heavy atom. The number of hydrogen-bond donors (Lipinski definition) is 0. The summed E-state index contributed by atoms with van der Waals surface area (Å²) in [6, 6.07) is 21.7. The lowest BCUT2D eigenvalue weighted by Gasteiger charge is -2.30. The van der Waals surface area contributed by atoms with Crippen molar-refractivity contribution in [1.29, 1.82) is 0 Å². The molecule has 1 saturated heterocycles. The minimum Gasteiger partial charge on any atom is -0.464 e. The van der Waals surface area contributed by atoms with E-state index in [4.69, 9.17) is 9.15 Å². The lowest BCUT2D eigenvalue weighted by molar-refractivity contribution is -0.133. The fourth-order valence-corrected chi connectivity index (χ4v) is 5.37. The fraction of sp³-hybridized carbons (Fsp3) is 0.486. The molecule has 2 heterocycles. The van der Waals surface area contributed by atoms with E-state index >= 15 is 0 Å². The zero-order valence-electron chi connectivity index (χ0n) is 25.4. The maximum absolute atomic E-state index is 13.9. The van der Waals surface area contributed by atoms with E-state index in [0.29, 0.717) is 25.2 Å². The van der Waals surface area contributed by atoms with Crippen molar-refractivity contribution >= 4 is 11.8 Å². The van der Waals surface area contributed by atoms with E-state index in [1.165, 1.54) is 24.8 Å². The molecular weight excluding hydrogens is 526 g/mol. The molecule has 7 heteroatoms. The van der Waals surface area contributed by atoms with Gasteiger partial charge in [-0.1, -0.05) is 68.7 Å². The van der Waals surface area contributed by atoms with Gasteiger partial charge in [-0.3, -0.25) is 14.5 Å². The molecule has 1 aliphatic rings. The fourth-order valence-electron chi connectivity index (χ4n) is 5.37. The number of carbonyl (C=O) groups excluding carboxylic acids is 2. The largest absolute Gasteiger partial charge is 0.464 e. The molecule has 0 unspecified atom stereocenters. The van der Waals surface area contributed by atoms with E-state index in [-0.39, 0.29) is 18.4 Å². The van der Waals surface area contributed by atoms with Crippen LogP contribution in [0.25, 0.3) is 0 Å². The molecule has 3 aromatic rings. The number of amides is 2. The number of unbranched alkanes of at least 4 members (excludes halogenated alkanes) is 3. The Balaban J connectivity index is 1.46. The van der Waals surface area contributed by atoms with Crippen LogP contribution < -0.4 is 0 Å². The molecule has 2 aromatic carbocycles. The van der Waals surface area contributed by atoms with E-state index in [0.717, 1.165) is 69.2 Å². The third-order valence-electron chi connectivity index (χ3n) is 7.85. The van der Waals surface area contributed by atoms with Crippen LogP contribution >= 0.6 is 0 Å². The van der Waals surface area contributed by atoms with Crippen LogP contribution in [-0.2, 0) is 29.0 Å². The van der Waals surface area contributed by atoms with E-state index in [1.807, 2.05) is 61.5 Å². The molecule has 0 saturated carbocycles. The highest BCUT2D eigenvalue weighted by molar-refractivity contribution is 5.96. The number of hydrogen-bond acceptors (Lipinski definition) is 5. The van der Waals surface area contributed by atoms with Crippen molar-refractivity contribution in [2.75, 3.05) is 45.9 Å². The second-order valence-electron chi connectivity index (χ2n) is 11.3. The standard InChI is InChI=1S/C35H47N3O4/c1-3-4-5-7-11-30-15-17-32(18-16-30)35(40)37(21-10-20-36-22-24-41-25-23-36)28-34(39)38(26-31-12-8-6-9-13-31)27-33-19-14-29(2)42-33/h6,8-9,12-19H,3-5,7,10-11,20-28H2,1-2H3. The maximum atomic E-state index is 13.9. The summed E-state index contributed by atoms with van der Waals surface area (Å²) in [6.45, 7) is 9.62. The van der Waals surface area contributed by atoms with E-state index in [2.05, 4.69) is 24.0 Å². The minimum atomic E-state index is -0.101. The lowest BCUT2D eigenvalue weighted by atomic mass is 10.0. The van der Waals surface area contributed by atoms with Crippen molar-refractivity contribution in [3.63, 3.8) is 0 Å². The van der Waals surface area contributed by atoms with Crippen LogP contribution in [0.5, 0.6) is 0 Å². The summed E-state index contributed by atoms with van der Waals surface area (Å²) >= 11 is 0. The average Bonchev–Trinajstić information content (AvgIpc) is 3.43. The highest BCUT2D eigenvalue weighted by Crippen LogP contribution is 2.16. The predicted molar refractivity (Wildman–Crippen MR) is 166 cm³/mol. The van der Waals surface area contributed by atoms with Gasteiger partial charge in [-0.15, -0.1) is 0 Å². The molecule has 0 radical (unpaired) electrons. The summed E-state index contributed by atoms with van der Waals surface area (Å²) in [5.41, 5.74) is 2.91. The SMILES string of the molecule is CCCCCCc1ccc(C(=O)N(CCCN2CCOCC2)CC(=O)N(Cc2ccccc2)Cc2ccc(C)o2)cc1. The molecule has 42 heavy (non-hydrogen) atoms. The average molecular weight is 574 g/mol. The summed E-state index contributed by atoms with van der Waals surface area (Å²) < 4.78 is 11.3. The Bertz CT molecular complexity index is 1220. The molecule has 4 rings (SSSR count). The number of ether oxygens (including phenoxy) is 1. The first kappa shape index (κ1) is 31.5. The van der Waals surface area contributed by atoms with Gasteiger partial charge in [-0.2, -0.15) is 0 Å². The summed E-state index contributed by atoms with van der Waals surface area (Å²) in [5, 5.41) is 0. The Morgan fingerprint density at radius 2 is 1.57 bits per heavy atom. The normalized spacial score (nSPS) is 13.7. The van der Waals surface area contributed by atoms with Crippen molar-refractivity contribution in [2.45, 2.75) is 65.5 Å². The second-order valence-corrected chi connectivity index (χ2v) is 11.3. The quantitative estimate of drug-likeness (QED) is 0.194. The van der Waals surface area contributed by atoms with Crippen molar-refractivity contribution in [3.8, 4) is 0 Å². The van der Waals surface area contributed by atoms with Crippen LogP contribution in [0, 0.1) is 6.92 Å². The van der Waals surface area contributed by atoms with Gasteiger partial charge in [0.25, 0.3) is 5.91 Å². The van der Waals surface area contributed by atoms with Crippen molar-refractivity contribution in [3.05, 3.63) is 94.9 Å². The molecule has 0 spiro atoms. The van der Waals surface area contributed by atoms with Gasteiger partial charge in [-0.05, 0) is 61.6 Å². The molecule has 0 bridgehead atoms. The predicted octanol–water partition coefficient (Wildman–Crippen LogP) is 6.10. The van der Waals surface area contributed by atoms with Gasteiger partial charge < -0.3 is 19.0 Å². The topological polar surface area (TPSA) is 66.2 Å². The third-order valence-corrected chi connectivity index (χ3v) is 7.85. The Morgan fingerprint density at radius 3 is 2.26 bits per heavy atom. The summed E-state index contributed by atoms with van der Waals surface area (Å²) in [4.78, 5) is 33.6. The van der Waals surface area contributed by atoms with Gasteiger partial charge in [0.2, 0.25) is 5.91 Å². The van der Waals surface area contributed by atoms with Gasteiger partial charge in [0, 0.05) is 38.3 Å². The van der Waals surface area contributed by atoms with Gasteiger partial charge in [-0.25, -0.2) is 0 Å². The molecule has 1 aromatic heterocycles. The second kappa shape index (κ2) is 16.9. The zero-order valence-corrected chi connectivity index (χ0v) is 25.4. The summed E-state index contributed by atoms with van der Waals surface area (Å²) in [7, 11) is 0. The molecule has 0 aliphatic carbocycles. The minimum absolute atomic E-state index is 0.0211. The van der Waals surface area contributed by atoms with Gasteiger partial charge in [0.1, 0.15) is 18.1 Å². The van der Waals surface area contributed by atoms with Crippen LogP contribution in [0.3, 0.4) is 0 Å². The van der Waals surface area contributed by atoms with Crippen LogP contribution in [0.4, 0.5) is 0 Å². The first-order valence-corrected chi connectivity index (χ1v) is 15.6. The highest BCUT2D eigenvalue weighted by Gasteiger charge is 2.24. The monoisotopic (exact) mass is 573 g/mol. The first-order chi connectivity index (χ1) is 20.5. The van der Waals surface area contributed by atoms with Crippen molar-refractivity contribution in [2.24, 2.45) is 0 Å². The number of aryl methyl sites for hydroxylation is 2. The molecule has 1 aliphatic heterocycles. The summed E-state index contributed by atoms with van der Waals surface area (Å²) in [6.07, 6.45) is 6.69. The molecule has 2 amide bonds. The number of morpholine rings is 1.